The van der Waals surface area contributed by atoms with Gasteiger partial charge in [0.15, 0.2) is 0 Å². The van der Waals surface area contributed by atoms with Crippen molar-refractivity contribution < 1.29 is 14.6 Å². The predicted molar refractivity (Wildman–Crippen MR) is 86.5 cm³/mol. The Morgan fingerprint density at radius 1 is 1.27 bits per heavy atom. The molecule has 0 saturated heterocycles. The van der Waals surface area contributed by atoms with E-state index in [0.717, 1.165) is 18.4 Å². The van der Waals surface area contributed by atoms with Crippen molar-refractivity contribution in [2.75, 3.05) is 13.1 Å². The van der Waals surface area contributed by atoms with Crippen molar-refractivity contribution >= 4 is 6.09 Å². The molecule has 1 aliphatic rings. The summed E-state index contributed by atoms with van der Waals surface area (Å²) < 4.78 is 5.42. The SMILES string of the molecule is CC(C)(O)CN(CC1CCCC1)C(=O)OCc1ccccc1. The van der Waals surface area contributed by atoms with Gasteiger partial charge in [-0.25, -0.2) is 4.79 Å². The molecule has 0 heterocycles. The second-order valence-corrected chi connectivity index (χ2v) is 6.88. The van der Waals surface area contributed by atoms with Crippen molar-refractivity contribution in [1.29, 1.82) is 0 Å². The first-order valence-corrected chi connectivity index (χ1v) is 8.12. The summed E-state index contributed by atoms with van der Waals surface area (Å²) in [5.41, 5.74) is 0.0598. The number of aliphatic hydroxyl groups is 1. The maximum absolute atomic E-state index is 12.4. The van der Waals surface area contributed by atoms with Crippen LogP contribution >= 0.6 is 0 Å². The second kappa shape index (κ2) is 7.63. The zero-order valence-electron chi connectivity index (χ0n) is 13.6. The zero-order chi connectivity index (χ0) is 16.0. The summed E-state index contributed by atoms with van der Waals surface area (Å²) in [5.74, 6) is 0.534. The fourth-order valence-corrected chi connectivity index (χ4v) is 2.99. The number of nitrogens with zero attached hydrogens (tertiary/aromatic N) is 1. The third kappa shape index (κ3) is 5.68. The topological polar surface area (TPSA) is 49.8 Å². The highest BCUT2D eigenvalue weighted by Crippen LogP contribution is 2.26. The fourth-order valence-electron chi connectivity index (χ4n) is 2.99. The molecule has 0 atom stereocenters. The smallest absolute Gasteiger partial charge is 0.410 e. The van der Waals surface area contributed by atoms with E-state index in [2.05, 4.69) is 0 Å². The van der Waals surface area contributed by atoms with Gasteiger partial charge in [0.05, 0.1) is 12.1 Å². The summed E-state index contributed by atoms with van der Waals surface area (Å²) >= 11 is 0. The third-order valence-corrected chi connectivity index (χ3v) is 3.99. The summed E-state index contributed by atoms with van der Waals surface area (Å²) in [6.07, 6.45) is 4.46. The Morgan fingerprint density at radius 2 is 1.91 bits per heavy atom. The van der Waals surface area contributed by atoms with Gasteiger partial charge in [-0.15, -0.1) is 0 Å². The van der Waals surface area contributed by atoms with Gasteiger partial charge in [-0.3, -0.25) is 0 Å². The molecule has 122 valence electrons. The zero-order valence-corrected chi connectivity index (χ0v) is 13.6. The van der Waals surface area contributed by atoms with E-state index in [-0.39, 0.29) is 12.7 Å². The lowest BCUT2D eigenvalue weighted by Gasteiger charge is -2.30. The summed E-state index contributed by atoms with van der Waals surface area (Å²) in [6, 6.07) is 9.66. The van der Waals surface area contributed by atoms with E-state index in [1.54, 1.807) is 18.7 Å². The quantitative estimate of drug-likeness (QED) is 0.874. The lowest BCUT2D eigenvalue weighted by atomic mass is 10.1. The Hall–Kier alpha value is -1.55. The molecule has 0 unspecified atom stereocenters. The minimum Gasteiger partial charge on any atom is -0.445 e. The summed E-state index contributed by atoms with van der Waals surface area (Å²) in [5, 5.41) is 10.0. The van der Waals surface area contributed by atoms with Crippen LogP contribution in [0.15, 0.2) is 30.3 Å². The van der Waals surface area contributed by atoms with Crippen LogP contribution in [0.1, 0.15) is 45.1 Å². The van der Waals surface area contributed by atoms with Crippen molar-refractivity contribution in [2.24, 2.45) is 5.92 Å². The number of rotatable bonds is 6. The van der Waals surface area contributed by atoms with Gasteiger partial charge >= 0.3 is 6.09 Å². The Labute approximate surface area is 133 Å². The molecule has 0 radical (unpaired) electrons. The van der Waals surface area contributed by atoms with Gasteiger partial charge in [-0.2, -0.15) is 0 Å². The van der Waals surface area contributed by atoms with Crippen molar-refractivity contribution in [3.05, 3.63) is 35.9 Å². The van der Waals surface area contributed by atoms with E-state index in [1.807, 2.05) is 30.3 Å². The normalized spacial score (nSPS) is 15.8. The third-order valence-electron chi connectivity index (χ3n) is 3.99. The molecule has 0 spiro atoms. The van der Waals surface area contributed by atoms with Gasteiger partial charge < -0.3 is 14.7 Å². The highest BCUT2D eigenvalue weighted by molar-refractivity contribution is 5.67. The van der Waals surface area contributed by atoms with Crippen molar-refractivity contribution in [3.63, 3.8) is 0 Å². The Morgan fingerprint density at radius 3 is 2.50 bits per heavy atom. The standard InChI is InChI=1S/C18H27NO3/c1-18(2,21)14-19(12-15-8-6-7-9-15)17(20)22-13-16-10-4-3-5-11-16/h3-5,10-11,15,21H,6-9,12-14H2,1-2H3. The van der Waals surface area contributed by atoms with Crippen LogP contribution < -0.4 is 0 Å². The molecule has 1 saturated carbocycles. The number of carbonyl (C=O) groups is 1. The van der Waals surface area contributed by atoms with Crippen LogP contribution in [0.4, 0.5) is 4.79 Å². The number of amides is 1. The summed E-state index contributed by atoms with van der Waals surface area (Å²) in [6.45, 7) is 4.69. The van der Waals surface area contributed by atoms with E-state index in [1.165, 1.54) is 12.8 Å². The minimum absolute atomic E-state index is 0.271. The predicted octanol–water partition coefficient (Wildman–Crippen LogP) is 3.59. The summed E-state index contributed by atoms with van der Waals surface area (Å²) in [4.78, 5) is 14.0. The van der Waals surface area contributed by atoms with Crippen molar-refractivity contribution in [3.8, 4) is 0 Å². The molecule has 1 N–H and O–H groups in total. The van der Waals surface area contributed by atoms with Crippen molar-refractivity contribution in [2.45, 2.75) is 51.7 Å². The van der Waals surface area contributed by atoms with E-state index >= 15 is 0 Å². The van der Waals surface area contributed by atoms with E-state index < -0.39 is 5.60 Å². The monoisotopic (exact) mass is 305 g/mol. The summed E-state index contributed by atoms with van der Waals surface area (Å²) in [7, 11) is 0. The molecular formula is C18H27NO3. The second-order valence-electron chi connectivity index (χ2n) is 6.88. The van der Waals surface area contributed by atoms with Gasteiger partial charge in [-0.05, 0) is 38.2 Å². The average molecular weight is 305 g/mol. The van der Waals surface area contributed by atoms with E-state index in [4.69, 9.17) is 4.74 Å². The Balaban J connectivity index is 1.92. The maximum atomic E-state index is 12.4. The molecule has 1 aromatic rings. The van der Waals surface area contributed by atoms with Crippen LogP contribution in [-0.2, 0) is 11.3 Å². The first-order valence-electron chi connectivity index (χ1n) is 8.12. The number of ether oxygens (including phenoxy) is 1. The first kappa shape index (κ1) is 16.8. The number of hydrogen-bond acceptors (Lipinski definition) is 3. The van der Waals surface area contributed by atoms with E-state index in [9.17, 15) is 9.90 Å². The average Bonchev–Trinajstić information content (AvgIpc) is 2.97. The number of carbonyl (C=O) groups excluding carboxylic acids is 1. The van der Waals surface area contributed by atoms with Crippen LogP contribution in [-0.4, -0.2) is 34.8 Å². The lowest BCUT2D eigenvalue weighted by Crippen LogP contribution is -2.44. The largest absolute Gasteiger partial charge is 0.445 e. The van der Waals surface area contributed by atoms with E-state index in [0.29, 0.717) is 19.0 Å². The Kier molecular flexibility index (Phi) is 5.83. The van der Waals surface area contributed by atoms with Gasteiger partial charge in [0, 0.05) is 6.54 Å². The molecular weight excluding hydrogens is 278 g/mol. The number of hydrogen-bond donors (Lipinski definition) is 1. The molecule has 0 bridgehead atoms. The minimum atomic E-state index is -0.912. The highest BCUT2D eigenvalue weighted by Gasteiger charge is 2.27. The van der Waals surface area contributed by atoms with Crippen molar-refractivity contribution in [1.82, 2.24) is 4.90 Å². The molecule has 4 nitrogen and oxygen atoms in total. The molecule has 4 heteroatoms. The van der Waals surface area contributed by atoms with Gasteiger partial charge in [0.1, 0.15) is 6.61 Å². The molecule has 0 aromatic heterocycles. The first-order chi connectivity index (χ1) is 10.4. The lowest BCUT2D eigenvalue weighted by molar-refractivity contribution is 0.0215. The molecule has 22 heavy (non-hydrogen) atoms. The molecule has 1 amide bonds. The van der Waals surface area contributed by atoms with Crippen LogP contribution in [0.25, 0.3) is 0 Å². The number of benzene rings is 1. The van der Waals surface area contributed by atoms with Crippen LogP contribution in [0.2, 0.25) is 0 Å². The molecule has 1 aliphatic carbocycles. The van der Waals surface area contributed by atoms with Crippen LogP contribution in [0, 0.1) is 5.92 Å². The van der Waals surface area contributed by atoms with Gasteiger partial charge in [0.25, 0.3) is 0 Å². The highest BCUT2D eigenvalue weighted by atomic mass is 16.6. The maximum Gasteiger partial charge on any atom is 0.410 e. The van der Waals surface area contributed by atoms with Crippen LogP contribution in [0.5, 0.6) is 0 Å². The molecule has 2 rings (SSSR count). The van der Waals surface area contributed by atoms with Gasteiger partial charge in [-0.1, -0.05) is 43.2 Å². The molecule has 1 aromatic carbocycles. The molecule has 1 fully saturated rings. The van der Waals surface area contributed by atoms with Crippen LogP contribution in [0.3, 0.4) is 0 Å². The Bertz CT molecular complexity index is 461. The fraction of sp³-hybridized carbons (Fsp3) is 0.611. The molecule has 0 aliphatic heterocycles. The van der Waals surface area contributed by atoms with Gasteiger partial charge in [0.2, 0.25) is 0 Å².